The van der Waals surface area contributed by atoms with Gasteiger partial charge in [-0.15, -0.1) is 0 Å². The average molecular weight is 312 g/mol. The van der Waals surface area contributed by atoms with Crippen LogP contribution in [0, 0.1) is 10.1 Å². The maximum atomic E-state index is 12.4. The molecule has 0 bridgehead atoms. The van der Waals surface area contributed by atoms with E-state index in [0.29, 0.717) is 0 Å². The van der Waals surface area contributed by atoms with Crippen LogP contribution in [0.1, 0.15) is 5.56 Å². The number of hydrogen-bond acceptors (Lipinski definition) is 5. The van der Waals surface area contributed by atoms with E-state index in [2.05, 4.69) is 0 Å². The number of nitrogens with zero attached hydrogens (tertiary/aromatic N) is 2. The van der Waals surface area contributed by atoms with E-state index in [4.69, 9.17) is 0 Å². The van der Waals surface area contributed by atoms with E-state index in [0.717, 1.165) is 9.87 Å². The van der Waals surface area contributed by atoms with Gasteiger partial charge in [-0.3, -0.25) is 10.1 Å². The molecule has 0 saturated heterocycles. The summed E-state index contributed by atoms with van der Waals surface area (Å²) in [7, 11) is -2.49. The molecule has 0 N–H and O–H groups in total. The van der Waals surface area contributed by atoms with Crippen LogP contribution in [0.5, 0.6) is 0 Å². The molecule has 0 amide bonds. The van der Waals surface area contributed by atoms with Gasteiger partial charge in [-0.25, -0.2) is 8.42 Å². The minimum absolute atomic E-state index is 0.178. The summed E-state index contributed by atoms with van der Waals surface area (Å²) in [6, 6.07) is 7.16. The van der Waals surface area contributed by atoms with E-state index >= 15 is 0 Å². The SMILES string of the molecule is CN(Cc1ccsc1)S(=O)(=O)c1ccccc1[N+](=O)[O-]. The highest BCUT2D eigenvalue weighted by Crippen LogP contribution is 2.26. The van der Waals surface area contributed by atoms with Gasteiger partial charge in [0.15, 0.2) is 4.90 Å². The van der Waals surface area contributed by atoms with Crippen LogP contribution in [0.25, 0.3) is 0 Å². The summed E-state index contributed by atoms with van der Waals surface area (Å²) in [5, 5.41) is 14.6. The van der Waals surface area contributed by atoms with Gasteiger partial charge in [0.1, 0.15) is 0 Å². The van der Waals surface area contributed by atoms with Gasteiger partial charge < -0.3 is 0 Å². The van der Waals surface area contributed by atoms with Crippen molar-refractivity contribution in [3.63, 3.8) is 0 Å². The number of benzene rings is 1. The average Bonchev–Trinajstić information content (AvgIpc) is 2.91. The quantitative estimate of drug-likeness (QED) is 0.627. The third kappa shape index (κ3) is 2.87. The molecule has 0 fully saturated rings. The Morgan fingerprint density at radius 2 is 2.00 bits per heavy atom. The first-order valence-corrected chi connectivity index (χ1v) is 8.02. The number of nitro groups is 1. The third-order valence-corrected chi connectivity index (χ3v) is 5.32. The van der Waals surface area contributed by atoms with E-state index in [9.17, 15) is 18.5 Å². The zero-order valence-electron chi connectivity index (χ0n) is 10.6. The first-order chi connectivity index (χ1) is 9.43. The van der Waals surface area contributed by atoms with E-state index < -0.39 is 20.6 Å². The second kappa shape index (κ2) is 5.70. The topological polar surface area (TPSA) is 80.5 Å². The van der Waals surface area contributed by atoms with E-state index in [1.807, 2.05) is 16.8 Å². The Labute approximate surface area is 120 Å². The van der Waals surface area contributed by atoms with Crippen LogP contribution in [0.4, 0.5) is 5.69 Å². The Balaban J connectivity index is 2.37. The molecule has 1 aromatic heterocycles. The Hall–Kier alpha value is -1.77. The minimum atomic E-state index is -3.89. The largest absolute Gasteiger partial charge is 0.289 e. The monoisotopic (exact) mass is 312 g/mol. The maximum absolute atomic E-state index is 12.4. The second-order valence-corrected chi connectivity index (χ2v) is 6.91. The molecular formula is C12H12N2O4S2. The molecule has 0 atom stereocenters. The van der Waals surface area contributed by atoms with Gasteiger partial charge in [-0.2, -0.15) is 15.6 Å². The predicted octanol–water partition coefficient (Wildman–Crippen LogP) is 2.48. The molecule has 2 aromatic rings. The molecule has 0 aliphatic rings. The van der Waals surface area contributed by atoms with E-state index in [-0.39, 0.29) is 11.4 Å². The van der Waals surface area contributed by atoms with Crippen LogP contribution in [0.15, 0.2) is 46.0 Å². The van der Waals surface area contributed by atoms with Crippen molar-refractivity contribution in [2.45, 2.75) is 11.4 Å². The Morgan fingerprint density at radius 3 is 2.60 bits per heavy atom. The molecule has 20 heavy (non-hydrogen) atoms. The van der Waals surface area contributed by atoms with Gasteiger partial charge in [0.2, 0.25) is 10.0 Å². The molecule has 1 heterocycles. The second-order valence-electron chi connectivity index (χ2n) is 4.12. The number of thiophene rings is 1. The fraction of sp³-hybridized carbons (Fsp3) is 0.167. The summed E-state index contributed by atoms with van der Waals surface area (Å²) in [6.45, 7) is 0.178. The van der Waals surface area contributed by atoms with Crippen molar-refractivity contribution in [1.29, 1.82) is 0 Å². The Kier molecular flexibility index (Phi) is 4.17. The number of nitro benzene ring substituents is 1. The van der Waals surface area contributed by atoms with Gasteiger partial charge in [0.05, 0.1) is 4.92 Å². The molecule has 0 saturated carbocycles. The van der Waals surface area contributed by atoms with Crippen molar-refractivity contribution in [1.82, 2.24) is 4.31 Å². The van der Waals surface area contributed by atoms with Crippen molar-refractivity contribution in [3.05, 3.63) is 56.8 Å². The molecule has 2 rings (SSSR count). The Bertz CT molecular complexity index is 711. The lowest BCUT2D eigenvalue weighted by molar-refractivity contribution is -0.387. The zero-order chi connectivity index (χ0) is 14.8. The summed E-state index contributed by atoms with van der Waals surface area (Å²) in [6.07, 6.45) is 0. The van der Waals surface area contributed by atoms with Crippen LogP contribution in [-0.2, 0) is 16.6 Å². The van der Waals surface area contributed by atoms with Crippen molar-refractivity contribution in [2.75, 3.05) is 7.05 Å². The van der Waals surface area contributed by atoms with Crippen LogP contribution in [-0.4, -0.2) is 24.7 Å². The minimum Gasteiger partial charge on any atom is -0.258 e. The smallest absolute Gasteiger partial charge is 0.258 e. The molecule has 0 aliphatic carbocycles. The zero-order valence-corrected chi connectivity index (χ0v) is 12.2. The van der Waals surface area contributed by atoms with Crippen molar-refractivity contribution in [2.24, 2.45) is 0 Å². The molecule has 6 nitrogen and oxygen atoms in total. The fourth-order valence-electron chi connectivity index (χ4n) is 1.72. The molecule has 106 valence electrons. The van der Waals surface area contributed by atoms with Crippen LogP contribution in [0.3, 0.4) is 0 Å². The fourth-order valence-corrected chi connectivity index (χ4v) is 3.69. The maximum Gasteiger partial charge on any atom is 0.289 e. The van der Waals surface area contributed by atoms with E-state index in [1.54, 1.807) is 0 Å². The van der Waals surface area contributed by atoms with Crippen molar-refractivity contribution >= 4 is 27.0 Å². The molecule has 0 radical (unpaired) electrons. The van der Waals surface area contributed by atoms with Gasteiger partial charge in [-0.1, -0.05) is 12.1 Å². The predicted molar refractivity (Wildman–Crippen MR) is 76.1 cm³/mol. The molecule has 0 aliphatic heterocycles. The number of rotatable bonds is 5. The number of para-hydroxylation sites is 1. The summed E-state index contributed by atoms with van der Waals surface area (Å²) in [4.78, 5) is 9.95. The lowest BCUT2D eigenvalue weighted by Gasteiger charge is -2.16. The molecular weight excluding hydrogens is 300 g/mol. The summed E-state index contributed by atoms with van der Waals surface area (Å²) >= 11 is 1.47. The number of hydrogen-bond donors (Lipinski definition) is 0. The van der Waals surface area contributed by atoms with Crippen LogP contribution >= 0.6 is 11.3 Å². The first-order valence-electron chi connectivity index (χ1n) is 5.64. The van der Waals surface area contributed by atoms with Gasteiger partial charge in [-0.05, 0) is 28.5 Å². The lowest BCUT2D eigenvalue weighted by Crippen LogP contribution is -2.26. The molecule has 1 aromatic carbocycles. The Morgan fingerprint density at radius 1 is 1.30 bits per heavy atom. The highest BCUT2D eigenvalue weighted by atomic mass is 32.2. The highest BCUT2D eigenvalue weighted by Gasteiger charge is 2.29. The van der Waals surface area contributed by atoms with Crippen LogP contribution < -0.4 is 0 Å². The lowest BCUT2D eigenvalue weighted by atomic mass is 10.3. The van der Waals surface area contributed by atoms with Gasteiger partial charge in [0, 0.05) is 19.7 Å². The normalized spacial score (nSPS) is 11.7. The number of sulfonamides is 1. The summed E-state index contributed by atoms with van der Waals surface area (Å²) < 4.78 is 25.9. The third-order valence-electron chi connectivity index (χ3n) is 2.74. The first kappa shape index (κ1) is 14.6. The van der Waals surface area contributed by atoms with E-state index in [1.165, 1.54) is 42.6 Å². The molecule has 8 heteroatoms. The van der Waals surface area contributed by atoms with Crippen molar-refractivity contribution < 1.29 is 13.3 Å². The molecule has 0 spiro atoms. The highest BCUT2D eigenvalue weighted by molar-refractivity contribution is 7.89. The molecule has 0 unspecified atom stereocenters. The summed E-state index contributed by atoms with van der Waals surface area (Å²) in [5.74, 6) is 0. The summed E-state index contributed by atoms with van der Waals surface area (Å²) in [5.41, 5.74) is 0.435. The van der Waals surface area contributed by atoms with Gasteiger partial charge in [0.25, 0.3) is 5.69 Å². The van der Waals surface area contributed by atoms with Crippen LogP contribution in [0.2, 0.25) is 0 Å². The van der Waals surface area contributed by atoms with Gasteiger partial charge >= 0.3 is 0 Å². The van der Waals surface area contributed by atoms with Crippen molar-refractivity contribution in [3.8, 4) is 0 Å². The standard InChI is InChI=1S/C12H12N2O4S2/c1-13(8-10-6-7-19-9-10)20(17,18)12-5-3-2-4-11(12)14(15)16/h2-7,9H,8H2,1H3.